The van der Waals surface area contributed by atoms with Crippen LogP contribution in [0.25, 0.3) is 0 Å². The smallest absolute Gasteiger partial charge is 0.317 e. The van der Waals surface area contributed by atoms with Gasteiger partial charge in [-0.3, -0.25) is 4.79 Å². The first-order valence-corrected chi connectivity index (χ1v) is 9.30. The Morgan fingerprint density at radius 3 is 2.24 bits per heavy atom. The van der Waals surface area contributed by atoms with Crippen LogP contribution in [0, 0.1) is 0 Å². The van der Waals surface area contributed by atoms with Crippen molar-refractivity contribution in [1.82, 2.24) is 4.90 Å². The molecule has 0 bridgehead atoms. The Labute approximate surface area is 150 Å². The summed E-state index contributed by atoms with van der Waals surface area (Å²) in [4.78, 5) is 15.3. The van der Waals surface area contributed by atoms with E-state index in [0.717, 1.165) is 24.1 Å². The van der Waals surface area contributed by atoms with E-state index in [0.29, 0.717) is 12.6 Å². The van der Waals surface area contributed by atoms with E-state index in [1.54, 1.807) is 0 Å². The summed E-state index contributed by atoms with van der Waals surface area (Å²) in [5.41, 5.74) is 1.96. The number of esters is 1. The molecule has 1 heterocycles. The lowest BCUT2D eigenvalue weighted by Gasteiger charge is -2.23. The molecule has 0 aliphatic carbocycles. The van der Waals surface area contributed by atoms with Gasteiger partial charge in [-0.25, -0.2) is 0 Å². The highest BCUT2D eigenvalue weighted by molar-refractivity contribution is 5.82. The van der Waals surface area contributed by atoms with Gasteiger partial charge in [0.05, 0.1) is 6.61 Å². The summed E-state index contributed by atoms with van der Waals surface area (Å²) >= 11 is 0. The standard InChI is InChI=1S/C22H27NO2/c1-2-23-16-9-14-20(23)15-17-25-22(24)21(18-10-5-3-6-11-18)19-12-7-4-8-13-19/h3-8,10-13,20-21H,2,9,14-17H2,1H3. The zero-order valence-corrected chi connectivity index (χ0v) is 14.9. The fourth-order valence-corrected chi connectivity index (χ4v) is 3.77. The van der Waals surface area contributed by atoms with Gasteiger partial charge in [0.2, 0.25) is 0 Å². The quantitative estimate of drug-likeness (QED) is 0.708. The lowest BCUT2D eigenvalue weighted by Crippen LogP contribution is -2.30. The van der Waals surface area contributed by atoms with Gasteiger partial charge in [0.1, 0.15) is 5.92 Å². The molecule has 1 atom stereocenters. The van der Waals surface area contributed by atoms with Crippen molar-refractivity contribution in [2.75, 3.05) is 19.7 Å². The molecule has 132 valence electrons. The number of benzene rings is 2. The van der Waals surface area contributed by atoms with Gasteiger partial charge in [-0.1, -0.05) is 67.6 Å². The minimum absolute atomic E-state index is 0.154. The summed E-state index contributed by atoms with van der Waals surface area (Å²) in [6, 6.07) is 20.3. The molecule has 3 heteroatoms. The van der Waals surface area contributed by atoms with Crippen LogP contribution in [0.15, 0.2) is 60.7 Å². The molecule has 0 amide bonds. The second kappa shape index (κ2) is 8.82. The first kappa shape index (κ1) is 17.7. The molecule has 3 rings (SSSR count). The van der Waals surface area contributed by atoms with Crippen LogP contribution >= 0.6 is 0 Å². The Balaban J connectivity index is 1.66. The van der Waals surface area contributed by atoms with Crippen molar-refractivity contribution >= 4 is 5.97 Å². The van der Waals surface area contributed by atoms with Crippen LogP contribution in [0.2, 0.25) is 0 Å². The fourth-order valence-electron chi connectivity index (χ4n) is 3.77. The number of hydrogen-bond acceptors (Lipinski definition) is 3. The molecule has 3 nitrogen and oxygen atoms in total. The minimum Gasteiger partial charge on any atom is -0.465 e. The number of hydrogen-bond donors (Lipinski definition) is 0. The molecule has 0 spiro atoms. The third kappa shape index (κ3) is 4.49. The molecular formula is C22H27NO2. The maximum absolute atomic E-state index is 12.8. The number of nitrogens with zero attached hydrogens (tertiary/aromatic N) is 1. The highest BCUT2D eigenvalue weighted by Crippen LogP contribution is 2.26. The van der Waals surface area contributed by atoms with Gasteiger partial charge in [0.25, 0.3) is 0 Å². The van der Waals surface area contributed by atoms with Crippen molar-refractivity contribution in [2.45, 2.75) is 38.1 Å². The van der Waals surface area contributed by atoms with Gasteiger partial charge in [-0.05, 0) is 43.5 Å². The lowest BCUT2D eigenvalue weighted by molar-refractivity contribution is -0.144. The average molecular weight is 337 g/mol. The van der Waals surface area contributed by atoms with Crippen LogP contribution in [0.5, 0.6) is 0 Å². The molecular weight excluding hydrogens is 310 g/mol. The predicted octanol–water partition coefficient (Wildman–Crippen LogP) is 4.24. The van der Waals surface area contributed by atoms with E-state index in [-0.39, 0.29) is 11.9 Å². The summed E-state index contributed by atoms with van der Waals surface area (Å²) in [7, 11) is 0. The van der Waals surface area contributed by atoms with Crippen molar-refractivity contribution in [1.29, 1.82) is 0 Å². The minimum atomic E-state index is -0.353. The number of ether oxygens (including phenoxy) is 1. The van der Waals surface area contributed by atoms with E-state index >= 15 is 0 Å². The van der Waals surface area contributed by atoms with E-state index in [4.69, 9.17) is 4.74 Å². The van der Waals surface area contributed by atoms with Crippen LogP contribution in [-0.4, -0.2) is 36.6 Å². The predicted molar refractivity (Wildman–Crippen MR) is 101 cm³/mol. The molecule has 1 saturated heterocycles. The number of likely N-dealkylation sites (tertiary alicyclic amines) is 1. The van der Waals surface area contributed by atoms with Gasteiger partial charge >= 0.3 is 5.97 Å². The average Bonchev–Trinajstić information content (AvgIpc) is 3.11. The van der Waals surface area contributed by atoms with Crippen molar-refractivity contribution in [3.05, 3.63) is 71.8 Å². The Morgan fingerprint density at radius 2 is 1.68 bits per heavy atom. The summed E-state index contributed by atoms with van der Waals surface area (Å²) in [6.07, 6.45) is 3.39. The van der Waals surface area contributed by atoms with Crippen LogP contribution in [0.1, 0.15) is 43.2 Å². The van der Waals surface area contributed by atoms with Gasteiger partial charge in [0, 0.05) is 6.04 Å². The van der Waals surface area contributed by atoms with Gasteiger partial charge in [-0.15, -0.1) is 0 Å². The molecule has 1 aliphatic heterocycles. The lowest BCUT2D eigenvalue weighted by atomic mass is 9.91. The topological polar surface area (TPSA) is 29.5 Å². The summed E-state index contributed by atoms with van der Waals surface area (Å²) in [5, 5.41) is 0. The highest BCUT2D eigenvalue weighted by Gasteiger charge is 2.26. The van der Waals surface area contributed by atoms with Crippen LogP contribution in [-0.2, 0) is 9.53 Å². The molecule has 0 N–H and O–H groups in total. The third-order valence-corrected chi connectivity index (χ3v) is 5.10. The Kier molecular flexibility index (Phi) is 6.24. The van der Waals surface area contributed by atoms with E-state index in [1.807, 2.05) is 60.7 Å². The molecule has 0 aromatic heterocycles. The maximum Gasteiger partial charge on any atom is 0.317 e. The Morgan fingerprint density at radius 1 is 1.08 bits per heavy atom. The van der Waals surface area contributed by atoms with E-state index < -0.39 is 0 Å². The molecule has 0 saturated carbocycles. The zero-order valence-electron chi connectivity index (χ0n) is 14.9. The monoisotopic (exact) mass is 337 g/mol. The van der Waals surface area contributed by atoms with E-state index in [2.05, 4.69) is 11.8 Å². The fraction of sp³-hybridized carbons (Fsp3) is 0.409. The summed E-state index contributed by atoms with van der Waals surface area (Å²) in [5.74, 6) is -0.508. The zero-order chi connectivity index (χ0) is 17.5. The molecule has 2 aromatic carbocycles. The van der Waals surface area contributed by atoms with Crippen LogP contribution in [0.3, 0.4) is 0 Å². The second-order valence-corrected chi connectivity index (χ2v) is 6.64. The first-order chi connectivity index (χ1) is 12.3. The van der Waals surface area contributed by atoms with E-state index in [1.165, 1.54) is 19.4 Å². The largest absolute Gasteiger partial charge is 0.465 e. The summed E-state index contributed by atoms with van der Waals surface area (Å²) in [6.45, 7) is 4.95. The number of carbonyl (C=O) groups is 1. The van der Waals surface area contributed by atoms with Crippen molar-refractivity contribution in [3.8, 4) is 0 Å². The molecule has 1 unspecified atom stereocenters. The Hall–Kier alpha value is -2.13. The molecule has 25 heavy (non-hydrogen) atoms. The van der Waals surface area contributed by atoms with Crippen LogP contribution < -0.4 is 0 Å². The van der Waals surface area contributed by atoms with Crippen LogP contribution in [0.4, 0.5) is 0 Å². The van der Waals surface area contributed by atoms with E-state index in [9.17, 15) is 4.79 Å². The molecule has 2 aromatic rings. The van der Waals surface area contributed by atoms with Crippen molar-refractivity contribution in [3.63, 3.8) is 0 Å². The van der Waals surface area contributed by atoms with Crippen molar-refractivity contribution in [2.24, 2.45) is 0 Å². The molecule has 1 aliphatic rings. The first-order valence-electron chi connectivity index (χ1n) is 9.30. The second-order valence-electron chi connectivity index (χ2n) is 6.64. The van der Waals surface area contributed by atoms with Crippen molar-refractivity contribution < 1.29 is 9.53 Å². The number of rotatable bonds is 7. The van der Waals surface area contributed by atoms with Gasteiger partial charge in [-0.2, -0.15) is 0 Å². The number of carbonyl (C=O) groups excluding carboxylic acids is 1. The molecule has 1 fully saturated rings. The molecule has 0 radical (unpaired) electrons. The Bertz CT molecular complexity index is 617. The normalized spacial score (nSPS) is 17.8. The third-order valence-electron chi connectivity index (χ3n) is 5.10. The van der Waals surface area contributed by atoms with Gasteiger partial charge < -0.3 is 9.64 Å². The maximum atomic E-state index is 12.8. The highest BCUT2D eigenvalue weighted by atomic mass is 16.5. The SMILES string of the molecule is CCN1CCCC1CCOC(=O)C(c1ccccc1)c1ccccc1. The van der Waals surface area contributed by atoms with Gasteiger partial charge in [0.15, 0.2) is 0 Å². The summed E-state index contributed by atoms with van der Waals surface area (Å²) < 4.78 is 5.70.